The lowest BCUT2D eigenvalue weighted by Gasteiger charge is -2.19. The maximum Gasteiger partial charge on any atom is 0.326 e. The van der Waals surface area contributed by atoms with Crippen LogP contribution in [-0.2, 0) is 23.9 Å². The van der Waals surface area contributed by atoms with Crippen LogP contribution in [-0.4, -0.2) is 41.7 Å². The van der Waals surface area contributed by atoms with Crippen molar-refractivity contribution < 1.29 is 23.9 Å². The molecule has 3 amide bonds. The number of ether oxygens (including phenoxy) is 1. The van der Waals surface area contributed by atoms with Crippen LogP contribution in [0.15, 0.2) is 16.6 Å². The summed E-state index contributed by atoms with van der Waals surface area (Å²) < 4.78 is 5.96. The summed E-state index contributed by atoms with van der Waals surface area (Å²) in [4.78, 5) is 50.6. The van der Waals surface area contributed by atoms with Gasteiger partial charge in [-0.15, -0.1) is 0 Å². The largest absolute Gasteiger partial charge is 0.454 e. The van der Waals surface area contributed by atoms with Gasteiger partial charge in [-0.2, -0.15) is 0 Å². The Bertz CT molecular complexity index is 887. The average Bonchev–Trinajstić information content (AvgIpc) is 3.37. The first-order chi connectivity index (χ1) is 13.8. The second-order valence-corrected chi connectivity index (χ2v) is 9.06. The number of rotatable bonds is 5. The van der Waals surface area contributed by atoms with E-state index < -0.39 is 25.0 Å². The van der Waals surface area contributed by atoms with Crippen LogP contribution in [0.5, 0.6) is 0 Å². The molecule has 2 bridgehead atoms. The Balaban J connectivity index is 1.30. The van der Waals surface area contributed by atoms with Crippen molar-refractivity contribution in [2.45, 2.75) is 33.1 Å². The van der Waals surface area contributed by atoms with Gasteiger partial charge in [0.25, 0.3) is 5.91 Å². The Morgan fingerprint density at radius 2 is 1.72 bits per heavy atom. The Morgan fingerprint density at radius 3 is 2.34 bits per heavy atom. The van der Waals surface area contributed by atoms with Crippen molar-refractivity contribution in [3.63, 3.8) is 0 Å². The predicted octanol–water partition coefficient (Wildman–Crippen LogP) is 2.58. The highest BCUT2D eigenvalue weighted by atomic mass is 79.9. The van der Waals surface area contributed by atoms with Gasteiger partial charge in [0.05, 0.1) is 11.8 Å². The van der Waals surface area contributed by atoms with Crippen LogP contribution in [0.4, 0.5) is 5.69 Å². The lowest BCUT2D eigenvalue weighted by molar-refractivity contribution is -0.154. The number of imide groups is 1. The summed E-state index contributed by atoms with van der Waals surface area (Å²) in [5, 5.41) is 2.71. The van der Waals surface area contributed by atoms with Crippen molar-refractivity contribution in [1.82, 2.24) is 4.90 Å². The maximum atomic E-state index is 12.6. The zero-order valence-electron chi connectivity index (χ0n) is 16.4. The molecule has 1 aromatic rings. The number of fused-ring (bicyclic) bond motifs is 5. The number of anilines is 1. The summed E-state index contributed by atoms with van der Waals surface area (Å²) in [6.07, 6.45) is 2.91. The Kier molecular flexibility index (Phi) is 5.23. The number of halogens is 1. The molecule has 1 aromatic carbocycles. The molecule has 0 radical (unpaired) electrons. The molecular formula is C21H23BrN2O5. The molecule has 4 rings (SSSR count). The molecule has 0 unspecified atom stereocenters. The van der Waals surface area contributed by atoms with E-state index in [-0.39, 0.29) is 35.5 Å². The minimum absolute atomic E-state index is 0.255. The Hall–Kier alpha value is -2.22. The van der Waals surface area contributed by atoms with E-state index in [1.165, 1.54) is 0 Å². The lowest BCUT2D eigenvalue weighted by Crippen LogP contribution is -2.38. The molecule has 1 saturated heterocycles. The highest BCUT2D eigenvalue weighted by Gasteiger charge is 2.61. The van der Waals surface area contributed by atoms with Crippen LogP contribution < -0.4 is 5.32 Å². The van der Waals surface area contributed by atoms with Crippen LogP contribution in [0.3, 0.4) is 0 Å². The van der Waals surface area contributed by atoms with Crippen molar-refractivity contribution in [2.24, 2.45) is 23.7 Å². The summed E-state index contributed by atoms with van der Waals surface area (Å²) in [6.45, 7) is 2.92. The number of hydrogen-bond acceptors (Lipinski definition) is 5. The summed E-state index contributed by atoms with van der Waals surface area (Å²) >= 11 is 3.43. The second kappa shape index (κ2) is 7.55. The molecule has 1 aliphatic heterocycles. The molecular weight excluding hydrogens is 440 g/mol. The quantitative estimate of drug-likeness (QED) is 0.536. The standard InChI is InChI=1S/C21H23BrN2O5/c1-10-11(2)15(6-5-14(10)22)23-16(25)9-29-17(26)8-24-20(27)18-12-3-4-13(7-12)19(18)21(24)28/h5-6,12-13,18-19H,3-4,7-9H2,1-2H3,(H,23,25)/t12-,13-,18+,19+/m0/s1. The lowest BCUT2D eigenvalue weighted by atomic mass is 9.81. The van der Waals surface area contributed by atoms with E-state index in [0.29, 0.717) is 5.69 Å². The topological polar surface area (TPSA) is 92.8 Å². The summed E-state index contributed by atoms with van der Waals surface area (Å²) in [5.41, 5.74) is 2.55. The number of hydrogen-bond donors (Lipinski definition) is 1. The molecule has 1 N–H and O–H groups in total. The fraction of sp³-hybridized carbons (Fsp3) is 0.524. The predicted molar refractivity (Wildman–Crippen MR) is 108 cm³/mol. The minimum atomic E-state index is -0.752. The van der Waals surface area contributed by atoms with Crippen LogP contribution in [0, 0.1) is 37.5 Å². The van der Waals surface area contributed by atoms with Gasteiger partial charge in [-0.1, -0.05) is 15.9 Å². The van der Waals surface area contributed by atoms with Gasteiger partial charge < -0.3 is 10.1 Å². The van der Waals surface area contributed by atoms with Gasteiger partial charge in [-0.3, -0.25) is 24.1 Å². The van der Waals surface area contributed by atoms with Gasteiger partial charge >= 0.3 is 5.97 Å². The first-order valence-electron chi connectivity index (χ1n) is 9.84. The zero-order chi connectivity index (χ0) is 20.9. The number of benzene rings is 1. The first-order valence-corrected chi connectivity index (χ1v) is 10.6. The third-order valence-electron chi connectivity index (χ3n) is 6.67. The minimum Gasteiger partial charge on any atom is -0.454 e. The molecule has 1 heterocycles. The van der Waals surface area contributed by atoms with Gasteiger partial charge in [-0.25, -0.2) is 0 Å². The fourth-order valence-electron chi connectivity index (χ4n) is 5.06. The highest BCUT2D eigenvalue weighted by molar-refractivity contribution is 9.10. The highest BCUT2D eigenvalue weighted by Crippen LogP contribution is 2.56. The Labute approximate surface area is 177 Å². The zero-order valence-corrected chi connectivity index (χ0v) is 18.0. The number of likely N-dealkylation sites (tertiary alicyclic amines) is 1. The fourth-order valence-corrected chi connectivity index (χ4v) is 5.49. The van der Waals surface area contributed by atoms with Crippen molar-refractivity contribution in [1.29, 1.82) is 0 Å². The molecule has 7 nitrogen and oxygen atoms in total. The number of carbonyl (C=O) groups excluding carboxylic acids is 4. The number of esters is 1. The molecule has 3 fully saturated rings. The smallest absolute Gasteiger partial charge is 0.326 e. The first kappa shape index (κ1) is 20.1. The van der Waals surface area contributed by atoms with Crippen LogP contribution >= 0.6 is 15.9 Å². The van der Waals surface area contributed by atoms with Gasteiger partial charge in [0.1, 0.15) is 6.54 Å². The monoisotopic (exact) mass is 462 g/mol. The number of carbonyl (C=O) groups is 4. The van der Waals surface area contributed by atoms with Crippen molar-refractivity contribution >= 4 is 45.3 Å². The third kappa shape index (κ3) is 3.47. The van der Waals surface area contributed by atoms with E-state index in [1.54, 1.807) is 6.07 Å². The summed E-state index contributed by atoms with van der Waals surface area (Å²) in [5.74, 6) is -1.72. The van der Waals surface area contributed by atoms with Crippen LogP contribution in [0.2, 0.25) is 0 Å². The summed E-state index contributed by atoms with van der Waals surface area (Å²) in [7, 11) is 0. The molecule has 2 aliphatic carbocycles. The van der Waals surface area contributed by atoms with E-state index >= 15 is 0 Å². The molecule has 3 aliphatic rings. The molecule has 154 valence electrons. The molecule has 4 atom stereocenters. The Morgan fingerprint density at radius 1 is 1.10 bits per heavy atom. The number of amides is 3. The maximum absolute atomic E-state index is 12.6. The number of nitrogens with one attached hydrogen (secondary N) is 1. The molecule has 0 aromatic heterocycles. The van der Waals surface area contributed by atoms with Gasteiger partial charge in [0.2, 0.25) is 11.8 Å². The molecule has 29 heavy (non-hydrogen) atoms. The SMILES string of the molecule is Cc1c(Br)ccc(NC(=O)COC(=O)CN2C(=O)[C@@H]3[C@H]4CC[C@@H](C4)[C@H]3C2=O)c1C. The normalized spacial score (nSPS) is 27.3. The molecule has 2 saturated carbocycles. The average molecular weight is 463 g/mol. The molecule has 0 spiro atoms. The van der Waals surface area contributed by atoms with Gasteiger partial charge in [0.15, 0.2) is 6.61 Å². The summed E-state index contributed by atoms with van der Waals surface area (Å²) in [6, 6.07) is 3.60. The van der Waals surface area contributed by atoms with E-state index in [2.05, 4.69) is 21.2 Å². The molecule has 8 heteroatoms. The second-order valence-electron chi connectivity index (χ2n) is 8.20. The van der Waals surface area contributed by atoms with Crippen LogP contribution in [0.1, 0.15) is 30.4 Å². The van der Waals surface area contributed by atoms with E-state index in [1.807, 2.05) is 19.9 Å². The van der Waals surface area contributed by atoms with Crippen LogP contribution in [0.25, 0.3) is 0 Å². The van der Waals surface area contributed by atoms with Gasteiger partial charge in [0, 0.05) is 10.2 Å². The van der Waals surface area contributed by atoms with Crippen molar-refractivity contribution in [2.75, 3.05) is 18.5 Å². The van der Waals surface area contributed by atoms with Gasteiger partial charge in [-0.05, 0) is 68.2 Å². The van der Waals surface area contributed by atoms with E-state index in [9.17, 15) is 19.2 Å². The van der Waals surface area contributed by atoms with Crippen molar-refractivity contribution in [3.05, 3.63) is 27.7 Å². The third-order valence-corrected chi connectivity index (χ3v) is 7.52. The number of nitrogens with zero attached hydrogens (tertiary/aromatic N) is 1. The van der Waals surface area contributed by atoms with E-state index in [4.69, 9.17) is 4.74 Å². The van der Waals surface area contributed by atoms with E-state index in [0.717, 1.165) is 39.8 Å². The van der Waals surface area contributed by atoms with Crippen molar-refractivity contribution in [3.8, 4) is 0 Å².